The van der Waals surface area contributed by atoms with Crippen molar-refractivity contribution in [3.8, 4) is 0 Å². The third-order valence-electron chi connectivity index (χ3n) is 2.09. The number of halogens is 2. The molecule has 0 saturated carbocycles. The van der Waals surface area contributed by atoms with Crippen LogP contribution in [0.1, 0.15) is 0 Å². The first-order valence-electron chi connectivity index (χ1n) is 5.00. The van der Waals surface area contributed by atoms with Crippen LogP contribution in [0.15, 0.2) is 18.2 Å². The maximum absolute atomic E-state index is 11.7. The van der Waals surface area contributed by atoms with E-state index in [2.05, 4.69) is 5.32 Å². The summed E-state index contributed by atoms with van der Waals surface area (Å²) >= 11 is 11.7. The largest absolute Gasteiger partial charge is 0.383 e. The van der Waals surface area contributed by atoms with Crippen molar-refractivity contribution in [1.82, 2.24) is 4.90 Å². The minimum atomic E-state index is -0.236. The highest BCUT2D eigenvalue weighted by Crippen LogP contribution is 2.22. The molecule has 0 bridgehead atoms. The number of hydrogen-bond donors (Lipinski definition) is 1. The van der Waals surface area contributed by atoms with E-state index in [9.17, 15) is 4.79 Å². The predicted molar refractivity (Wildman–Crippen MR) is 70.0 cm³/mol. The number of amides is 2. The normalized spacial score (nSPS) is 10.1. The van der Waals surface area contributed by atoms with Crippen LogP contribution in [0.5, 0.6) is 0 Å². The van der Waals surface area contributed by atoms with E-state index in [0.717, 1.165) is 0 Å². The molecule has 0 fully saturated rings. The fourth-order valence-corrected chi connectivity index (χ4v) is 1.70. The van der Waals surface area contributed by atoms with Gasteiger partial charge in [-0.2, -0.15) is 0 Å². The van der Waals surface area contributed by atoms with Gasteiger partial charge in [0.15, 0.2) is 0 Å². The zero-order valence-corrected chi connectivity index (χ0v) is 11.2. The molecule has 6 heteroatoms. The Labute approximate surface area is 110 Å². The maximum atomic E-state index is 11.7. The monoisotopic (exact) mass is 276 g/mol. The van der Waals surface area contributed by atoms with Gasteiger partial charge in [-0.1, -0.05) is 23.2 Å². The second kappa shape index (κ2) is 6.69. The zero-order valence-electron chi connectivity index (χ0n) is 9.67. The molecule has 0 heterocycles. The van der Waals surface area contributed by atoms with Gasteiger partial charge in [-0.3, -0.25) is 0 Å². The Balaban J connectivity index is 2.61. The van der Waals surface area contributed by atoms with Crippen LogP contribution < -0.4 is 5.32 Å². The van der Waals surface area contributed by atoms with E-state index in [4.69, 9.17) is 27.9 Å². The van der Waals surface area contributed by atoms with E-state index in [1.165, 1.54) is 4.90 Å². The molecule has 2 amide bonds. The quantitative estimate of drug-likeness (QED) is 0.918. The number of likely N-dealkylation sites (N-methyl/N-ethyl adjacent to an activating group) is 1. The number of ether oxygens (including phenoxy) is 1. The summed E-state index contributed by atoms with van der Waals surface area (Å²) < 4.78 is 4.89. The fourth-order valence-electron chi connectivity index (χ4n) is 1.17. The molecule has 4 nitrogen and oxygen atoms in total. The Bertz CT molecular complexity index is 379. The molecule has 17 heavy (non-hydrogen) atoms. The molecule has 1 aromatic rings. The first kappa shape index (κ1) is 14.1. The lowest BCUT2D eigenvalue weighted by Crippen LogP contribution is -2.33. The molecule has 0 saturated heterocycles. The summed E-state index contributed by atoms with van der Waals surface area (Å²) in [6.07, 6.45) is 0. The van der Waals surface area contributed by atoms with Gasteiger partial charge in [0.05, 0.1) is 6.61 Å². The lowest BCUT2D eigenvalue weighted by molar-refractivity contribution is 0.165. The summed E-state index contributed by atoms with van der Waals surface area (Å²) in [6, 6.07) is 4.64. The summed E-state index contributed by atoms with van der Waals surface area (Å²) in [6.45, 7) is 0.997. The van der Waals surface area contributed by atoms with Crippen molar-refractivity contribution in [2.75, 3.05) is 32.6 Å². The van der Waals surface area contributed by atoms with Crippen LogP contribution >= 0.6 is 23.2 Å². The van der Waals surface area contributed by atoms with Gasteiger partial charge in [-0.05, 0) is 18.2 Å². The Morgan fingerprint density at radius 1 is 1.35 bits per heavy atom. The number of carbonyl (C=O) groups is 1. The van der Waals surface area contributed by atoms with E-state index < -0.39 is 0 Å². The molecule has 0 unspecified atom stereocenters. The fraction of sp³-hybridized carbons (Fsp3) is 0.364. The van der Waals surface area contributed by atoms with E-state index in [0.29, 0.717) is 28.9 Å². The van der Waals surface area contributed by atoms with Gasteiger partial charge < -0.3 is 15.0 Å². The van der Waals surface area contributed by atoms with Crippen molar-refractivity contribution in [2.45, 2.75) is 0 Å². The van der Waals surface area contributed by atoms with Gasteiger partial charge >= 0.3 is 6.03 Å². The molecule has 0 aliphatic rings. The third kappa shape index (κ3) is 4.81. The summed E-state index contributed by atoms with van der Waals surface area (Å²) in [5.41, 5.74) is 0.566. The van der Waals surface area contributed by atoms with E-state index in [1.807, 2.05) is 0 Å². The van der Waals surface area contributed by atoms with Crippen LogP contribution in [0, 0.1) is 0 Å². The molecular formula is C11H14Cl2N2O2. The van der Waals surface area contributed by atoms with Crippen LogP contribution in [0.3, 0.4) is 0 Å². The average molecular weight is 277 g/mol. The summed E-state index contributed by atoms with van der Waals surface area (Å²) in [4.78, 5) is 13.2. The van der Waals surface area contributed by atoms with Crippen molar-refractivity contribution >= 4 is 34.9 Å². The van der Waals surface area contributed by atoms with Gasteiger partial charge in [-0.25, -0.2) is 4.79 Å². The van der Waals surface area contributed by atoms with Crippen molar-refractivity contribution in [1.29, 1.82) is 0 Å². The number of carbonyl (C=O) groups excluding carboxylic acids is 1. The van der Waals surface area contributed by atoms with Crippen LogP contribution in [0.4, 0.5) is 10.5 Å². The van der Waals surface area contributed by atoms with Crippen LogP contribution in [0.25, 0.3) is 0 Å². The van der Waals surface area contributed by atoms with Crippen LogP contribution in [-0.4, -0.2) is 38.2 Å². The number of benzene rings is 1. The van der Waals surface area contributed by atoms with Gasteiger partial charge in [0.2, 0.25) is 0 Å². The van der Waals surface area contributed by atoms with Crippen LogP contribution in [0.2, 0.25) is 10.0 Å². The van der Waals surface area contributed by atoms with Crippen molar-refractivity contribution in [3.05, 3.63) is 28.2 Å². The Morgan fingerprint density at radius 3 is 2.47 bits per heavy atom. The maximum Gasteiger partial charge on any atom is 0.321 e. The van der Waals surface area contributed by atoms with E-state index in [-0.39, 0.29) is 6.03 Å². The molecule has 0 spiro atoms. The van der Waals surface area contributed by atoms with Gasteiger partial charge in [0.25, 0.3) is 0 Å². The highest BCUT2D eigenvalue weighted by Gasteiger charge is 2.08. The molecule has 0 aliphatic carbocycles. The Kier molecular flexibility index (Phi) is 5.55. The average Bonchev–Trinajstić information content (AvgIpc) is 2.24. The summed E-state index contributed by atoms with van der Waals surface area (Å²) in [5, 5.41) is 3.65. The highest BCUT2D eigenvalue weighted by molar-refractivity contribution is 6.35. The number of rotatable bonds is 4. The second-order valence-corrected chi connectivity index (χ2v) is 4.38. The summed E-state index contributed by atoms with van der Waals surface area (Å²) in [7, 11) is 3.27. The predicted octanol–water partition coefficient (Wildman–Crippen LogP) is 3.10. The second-order valence-electron chi connectivity index (χ2n) is 3.50. The lowest BCUT2D eigenvalue weighted by Gasteiger charge is -2.17. The first-order chi connectivity index (χ1) is 8.02. The highest BCUT2D eigenvalue weighted by atomic mass is 35.5. The molecule has 0 aromatic heterocycles. The molecule has 1 rings (SSSR count). The molecule has 94 valence electrons. The van der Waals surface area contributed by atoms with E-state index >= 15 is 0 Å². The standard InChI is InChI=1S/C11H14Cl2N2O2/c1-15(3-4-17-2)11(16)14-10-6-8(12)5-9(13)7-10/h5-7H,3-4H2,1-2H3,(H,14,16). The zero-order chi connectivity index (χ0) is 12.8. The Hall–Kier alpha value is -0.970. The van der Waals surface area contributed by atoms with Gasteiger partial charge in [0.1, 0.15) is 0 Å². The first-order valence-corrected chi connectivity index (χ1v) is 5.75. The lowest BCUT2D eigenvalue weighted by atomic mass is 10.3. The number of nitrogens with one attached hydrogen (secondary N) is 1. The van der Waals surface area contributed by atoms with Crippen LogP contribution in [-0.2, 0) is 4.74 Å². The molecule has 0 atom stereocenters. The topological polar surface area (TPSA) is 41.6 Å². The molecule has 0 radical (unpaired) electrons. The van der Waals surface area contributed by atoms with Gasteiger partial charge in [0, 0.05) is 36.4 Å². The smallest absolute Gasteiger partial charge is 0.321 e. The van der Waals surface area contributed by atoms with Crippen molar-refractivity contribution in [3.63, 3.8) is 0 Å². The minimum absolute atomic E-state index is 0.236. The minimum Gasteiger partial charge on any atom is -0.383 e. The van der Waals surface area contributed by atoms with Crippen molar-refractivity contribution in [2.24, 2.45) is 0 Å². The molecule has 1 aromatic carbocycles. The number of hydrogen-bond acceptors (Lipinski definition) is 2. The number of methoxy groups -OCH3 is 1. The number of urea groups is 1. The summed E-state index contributed by atoms with van der Waals surface area (Å²) in [5.74, 6) is 0. The van der Waals surface area contributed by atoms with Gasteiger partial charge in [-0.15, -0.1) is 0 Å². The number of nitrogens with zero attached hydrogens (tertiary/aromatic N) is 1. The molecule has 1 N–H and O–H groups in total. The van der Waals surface area contributed by atoms with E-state index in [1.54, 1.807) is 32.4 Å². The third-order valence-corrected chi connectivity index (χ3v) is 2.53. The molecule has 0 aliphatic heterocycles. The number of anilines is 1. The molecular weight excluding hydrogens is 263 g/mol. The Morgan fingerprint density at radius 2 is 1.94 bits per heavy atom. The van der Waals surface area contributed by atoms with Crippen molar-refractivity contribution < 1.29 is 9.53 Å². The SMILES string of the molecule is COCCN(C)C(=O)Nc1cc(Cl)cc(Cl)c1.